The number of hydrogen-bond donors (Lipinski definition) is 0. The predicted octanol–water partition coefficient (Wildman–Crippen LogP) is 4.14. The molecule has 2 amide bonds. The van der Waals surface area contributed by atoms with E-state index in [-0.39, 0.29) is 23.6 Å². The first-order valence-electron chi connectivity index (χ1n) is 11.4. The number of amides is 2. The van der Waals surface area contributed by atoms with Gasteiger partial charge in [0.15, 0.2) is 6.61 Å². The van der Waals surface area contributed by atoms with Gasteiger partial charge in [-0.2, -0.15) is 0 Å². The third-order valence-corrected chi connectivity index (χ3v) is 6.22. The molecule has 0 bridgehead atoms. The lowest BCUT2D eigenvalue weighted by atomic mass is 10.1. The maximum Gasteiger partial charge on any atom is 0.342 e. The normalized spacial score (nSPS) is 12.5. The fourth-order valence-electron chi connectivity index (χ4n) is 4.36. The molecule has 2 aromatic carbocycles. The monoisotopic (exact) mass is 486 g/mol. The maximum absolute atomic E-state index is 12.9. The number of benzene rings is 2. The lowest BCUT2D eigenvalue weighted by Gasteiger charge is -2.16. The van der Waals surface area contributed by atoms with E-state index < -0.39 is 24.4 Å². The van der Waals surface area contributed by atoms with Gasteiger partial charge in [0.25, 0.3) is 11.8 Å². The number of nitrogens with zero attached hydrogens (tertiary/aromatic N) is 2. The molecule has 1 aliphatic heterocycles. The molecule has 0 saturated heterocycles. The molecular weight excluding hydrogens is 460 g/mol. The van der Waals surface area contributed by atoms with Crippen molar-refractivity contribution in [1.82, 2.24) is 9.47 Å². The van der Waals surface area contributed by atoms with E-state index in [0.717, 1.165) is 16.3 Å². The number of fused-ring (bicyclic) bond motifs is 1. The Kier molecular flexibility index (Phi) is 6.87. The molecule has 0 saturated carbocycles. The largest absolute Gasteiger partial charge is 0.496 e. The van der Waals surface area contributed by atoms with Crippen LogP contribution in [0.3, 0.4) is 0 Å². The van der Waals surface area contributed by atoms with Crippen molar-refractivity contribution >= 4 is 23.6 Å². The molecule has 0 radical (unpaired) electrons. The Bertz CT molecular complexity index is 1370. The summed E-state index contributed by atoms with van der Waals surface area (Å²) in [5, 5.41) is 0. The minimum absolute atomic E-state index is 0.0230. The zero-order chi connectivity index (χ0) is 26.0. The van der Waals surface area contributed by atoms with Crippen LogP contribution in [-0.4, -0.2) is 46.8 Å². The van der Waals surface area contributed by atoms with Crippen LogP contribution in [0.2, 0.25) is 0 Å². The summed E-state index contributed by atoms with van der Waals surface area (Å²) < 4.78 is 12.6. The van der Waals surface area contributed by atoms with Crippen LogP contribution in [-0.2, 0) is 17.8 Å². The molecule has 2 heterocycles. The third-order valence-electron chi connectivity index (χ3n) is 6.22. The Balaban J connectivity index is 1.49. The van der Waals surface area contributed by atoms with E-state index in [2.05, 4.69) is 6.58 Å². The highest BCUT2D eigenvalue weighted by atomic mass is 16.5. The Morgan fingerprint density at radius 1 is 0.972 bits per heavy atom. The van der Waals surface area contributed by atoms with E-state index in [1.165, 1.54) is 13.2 Å². The Morgan fingerprint density at radius 3 is 2.25 bits per heavy atom. The number of allylic oxidation sites excluding steroid dienone is 1. The summed E-state index contributed by atoms with van der Waals surface area (Å²) >= 11 is 0. The van der Waals surface area contributed by atoms with E-state index in [1.54, 1.807) is 48.5 Å². The number of rotatable bonds is 9. The SMILES string of the molecule is C=CCn1c(C)cc(C(=O)COC(=O)c2cc(CN3C(=O)c4ccccc4C3=O)ccc2OC)c1C. The highest BCUT2D eigenvalue weighted by Gasteiger charge is 2.35. The number of carbonyl (C=O) groups excluding carboxylic acids is 4. The van der Waals surface area contributed by atoms with Crippen molar-refractivity contribution in [2.24, 2.45) is 0 Å². The van der Waals surface area contributed by atoms with Gasteiger partial charge in [-0.15, -0.1) is 6.58 Å². The zero-order valence-electron chi connectivity index (χ0n) is 20.4. The first-order valence-corrected chi connectivity index (χ1v) is 11.4. The van der Waals surface area contributed by atoms with Crippen molar-refractivity contribution in [2.45, 2.75) is 26.9 Å². The molecule has 8 heteroatoms. The Labute approximate surface area is 208 Å². The quantitative estimate of drug-likeness (QED) is 0.195. The van der Waals surface area contributed by atoms with Crippen molar-refractivity contribution in [3.8, 4) is 5.75 Å². The zero-order valence-corrected chi connectivity index (χ0v) is 20.4. The van der Waals surface area contributed by atoms with Crippen molar-refractivity contribution in [2.75, 3.05) is 13.7 Å². The van der Waals surface area contributed by atoms with Gasteiger partial charge in [0, 0.05) is 23.5 Å². The molecule has 0 N–H and O–H groups in total. The molecule has 184 valence electrons. The fraction of sp³-hybridized carbons (Fsp3) is 0.214. The van der Waals surface area contributed by atoms with Crippen LogP contribution in [0.25, 0.3) is 0 Å². The number of Topliss-reactive ketones (excluding diaryl/α,β-unsaturated/α-hetero) is 1. The summed E-state index contributed by atoms with van der Waals surface area (Å²) in [5.41, 5.74) is 3.49. The van der Waals surface area contributed by atoms with Crippen LogP contribution in [0.1, 0.15) is 58.4 Å². The van der Waals surface area contributed by atoms with Gasteiger partial charge in [-0.3, -0.25) is 19.3 Å². The average Bonchev–Trinajstić information content (AvgIpc) is 3.30. The third kappa shape index (κ3) is 4.45. The van der Waals surface area contributed by atoms with Crippen LogP contribution in [0, 0.1) is 13.8 Å². The summed E-state index contributed by atoms with van der Waals surface area (Å²) in [7, 11) is 1.41. The Morgan fingerprint density at radius 2 is 1.64 bits per heavy atom. The van der Waals surface area contributed by atoms with Crippen LogP contribution in [0.5, 0.6) is 5.75 Å². The maximum atomic E-state index is 12.9. The van der Waals surface area contributed by atoms with Crippen molar-refractivity contribution in [3.05, 3.63) is 100 Å². The van der Waals surface area contributed by atoms with E-state index in [4.69, 9.17) is 9.47 Å². The standard InChI is InChI=1S/C28H26N2O6/c1-5-12-29-17(2)13-22(18(29)3)24(31)16-36-28(34)23-14-19(10-11-25(23)35-4)15-30-26(32)20-8-6-7-9-21(20)27(30)33/h5-11,13-14H,1,12,15-16H2,2-4H3. The molecule has 0 fully saturated rings. The number of hydrogen-bond acceptors (Lipinski definition) is 6. The molecule has 0 atom stereocenters. The molecule has 4 rings (SSSR count). The van der Waals surface area contributed by atoms with E-state index in [0.29, 0.717) is 28.8 Å². The minimum atomic E-state index is -0.746. The van der Waals surface area contributed by atoms with E-state index >= 15 is 0 Å². The summed E-state index contributed by atoms with van der Waals surface area (Å²) in [5.74, 6) is -1.61. The minimum Gasteiger partial charge on any atom is -0.496 e. The van der Waals surface area contributed by atoms with Crippen LogP contribution in [0.15, 0.2) is 61.2 Å². The molecule has 8 nitrogen and oxygen atoms in total. The predicted molar refractivity (Wildman–Crippen MR) is 132 cm³/mol. The molecule has 0 aliphatic carbocycles. The van der Waals surface area contributed by atoms with E-state index in [1.807, 2.05) is 18.4 Å². The van der Waals surface area contributed by atoms with Gasteiger partial charge in [0.1, 0.15) is 11.3 Å². The van der Waals surface area contributed by atoms with Gasteiger partial charge in [-0.05, 0) is 49.7 Å². The van der Waals surface area contributed by atoms with Gasteiger partial charge in [-0.1, -0.05) is 24.3 Å². The average molecular weight is 487 g/mol. The highest BCUT2D eigenvalue weighted by Crippen LogP contribution is 2.27. The number of methoxy groups -OCH3 is 1. The topological polar surface area (TPSA) is 94.9 Å². The number of aryl methyl sites for hydroxylation is 1. The van der Waals surface area contributed by atoms with Crippen LogP contribution in [0.4, 0.5) is 0 Å². The lowest BCUT2D eigenvalue weighted by Crippen LogP contribution is -2.29. The second kappa shape index (κ2) is 10.0. The Hall–Kier alpha value is -4.46. The number of aromatic nitrogens is 1. The second-order valence-corrected chi connectivity index (χ2v) is 8.46. The second-order valence-electron chi connectivity index (χ2n) is 8.46. The number of imide groups is 1. The number of carbonyl (C=O) groups is 4. The highest BCUT2D eigenvalue weighted by molar-refractivity contribution is 6.21. The summed E-state index contributed by atoms with van der Waals surface area (Å²) in [6.07, 6.45) is 1.75. The summed E-state index contributed by atoms with van der Waals surface area (Å²) in [4.78, 5) is 52.2. The fourth-order valence-corrected chi connectivity index (χ4v) is 4.36. The summed E-state index contributed by atoms with van der Waals surface area (Å²) in [6.45, 7) is 7.56. The molecule has 36 heavy (non-hydrogen) atoms. The van der Waals surface area contributed by atoms with Gasteiger partial charge in [0.2, 0.25) is 5.78 Å². The van der Waals surface area contributed by atoms with E-state index in [9.17, 15) is 19.2 Å². The molecule has 0 spiro atoms. The number of esters is 1. The summed E-state index contributed by atoms with van der Waals surface area (Å²) in [6, 6.07) is 13.1. The number of ether oxygens (including phenoxy) is 2. The molecule has 0 unspecified atom stereocenters. The molecule has 1 aliphatic rings. The van der Waals surface area contributed by atoms with Gasteiger partial charge < -0.3 is 14.0 Å². The lowest BCUT2D eigenvalue weighted by molar-refractivity contribution is 0.0471. The van der Waals surface area contributed by atoms with Gasteiger partial charge in [0.05, 0.1) is 24.8 Å². The molecule has 1 aromatic heterocycles. The van der Waals surface area contributed by atoms with Crippen LogP contribution < -0.4 is 4.74 Å². The molecular formula is C28H26N2O6. The molecule has 3 aromatic rings. The number of ketones is 1. The van der Waals surface area contributed by atoms with Crippen LogP contribution >= 0.6 is 0 Å². The first-order chi connectivity index (χ1) is 17.3. The first kappa shape index (κ1) is 24.7. The van der Waals surface area contributed by atoms with Crippen molar-refractivity contribution in [1.29, 1.82) is 0 Å². The van der Waals surface area contributed by atoms with Crippen molar-refractivity contribution in [3.63, 3.8) is 0 Å². The van der Waals surface area contributed by atoms with Gasteiger partial charge in [-0.25, -0.2) is 4.79 Å². The smallest absolute Gasteiger partial charge is 0.342 e. The van der Waals surface area contributed by atoms with Gasteiger partial charge >= 0.3 is 5.97 Å². The van der Waals surface area contributed by atoms with Crippen molar-refractivity contribution < 1.29 is 28.7 Å².